The number of carbonyl (C=O) groups is 1. The fourth-order valence-corrected chi connectivity index (χ4v) is 1.46. The summed E-state index contributed by atoms with van der Waals surface area (Å²) in [6, 6.07) is 8.57. The molecule has 0 radical (unpaired) electrons. The molecule has 0 atom stereocenters. The Labute approximate surface area is 110 Å². The summed E-state index contributed by atoms with van der Waals surface area (Å²) in [5.41, 5.74) is 7.34. The van der Waals surface area contributed by atoms with Crippen molar-refractivity contribution in [3.05, 3.63) is 47.2 Å². The summed E-state index contributed by atoms with van der Waals surface area (Å²) >= 11 is 0. The molecule has 0 saturated heterocycles. The maximum Gasteiger partial charge on any atom is 0.258 e. The van der Waals surface area contributed by atoms with Crippen molar-refractivity contribution in [1.82, 2.24) is 5.16 Å². The maximum absolute atomic E-state index is 11.9. The van der Waals surface area contributed by atoms with E-state index < -0.39 is 0 Å². The highest BCUT2D eigenvalue weighted by molar-refractivity contribution is 6.03. The Balaban J connectivity index is 2.07. The Morgan fingerprint density at radius 1 is 1.42 bits per heavy atom. The third-order valence-corrected chi connectivity index (χ3v) is 2.35. The van der Waals surface area contributed by atoms with Crippen molar-refractivity contribution >= 4 is 11.8 Å². The Bertz CT molecular complexity index is 633. The maximum atomic E-state index is 11.9. The van der Waals surface area contributed by atoms with E-state index in [0.717, 1.165) is 5.56 Å². The zero-order valence-corrected chi connectivity index (χ0v) is 10.4. The summed E-state index contributed by atoms with van der Waals surface area (Å²) in [7, 11) is 0. The predicted molar refractivity (Wildman–Crippen MR) is 71.6 cm³/mol. The number of aryl methyl sites for hydroxylation is 1. The SMILES string of the molecule is Cc1cc(NC(=O)c2ccc(C#CCN)cc2)on1. The van der Waals surface area contributed by atoms with Crippen LogP contribution in [0.3, 0.4) is 0 Å². The van der Waals surface area contributed by atoms with Crippen LogP contribution in [0.25, 0.3) is 0 Å². The molecule has 2 rings (SSSR count). The molecular weight excluding hydrogens is 242 g/mol. The van der Waals surface area contributed by atoms with Crippen LogP contribution in [0.4, 0.5) is 5.88 Å². The molecule has 1 aromatic carbocycles. The van der Waals surface area contributed by atoms with E-state index in [9.17, 15) is 4.79 Å². The number of nitrogens with one attached hydrogen (secondary N) is 1. The van der Waals surface area contributed by atoms with Crippen LogP contribution in [0, 0.1) is 18.8 Å². The molecule has 19 heavy (non-hydrogen) atoms. The molecule has 1 aromatic heterocycles. The molecule has 1 amide bonds. The second-order valence-electron chi connectivity index (χ2n) is 3.87. The van der Waals surface area contributed by atoms with Gasteiger partial charge in [-0.05, 0) is 31.2 Å². The molecular formula is C14H13N3O2. The lowest BCUT2D eigenvalue weighted by molar-refractivity contribution is 0.102. The van der Waals surface area contributed by atoms with Gasteiger partial charge >= 0.3 is 0 Å². The van der Waals surface area contributed by atoms with Crippen LogP contribution < -0.4 is 11.1 Å². The lowest BCUT2D eigenvalue weighted by Gasteiger charge is -2.00. The van der Waals surface area contributed by atoms with Crippen molar-refractivity contribution in [3.63, 3.8) is 0 Å². The first-order chi connectivity index (χ1) is 9.19. The fourth-order valence-electron chi connectivity index (χ4n) is 1.46. The van der Waals surface area contributed by atoms with Crippen LogP contribution in [0.15, 0.2) is 34.9 Å². The van der Waals surface area contributed by atoms with Crippen LogP contribution in [-0.2, 0) is 0 Å². The molecule has 2 aromatic rings. The molecule has 5 heteroatoms. The van der Waals surface area contributed by atoms with Crippen molar-refractivity contribution in [2.45, 2.75) is 6.92 Å². The lowest BCUT2D eigenvalue weighted by Crippen LogP contribution is -2.11. The fraction of sp³-hybridized carbons (Fsp3) is 0.143. The van der Waals surface area contributed by atoms with Crippen molar-refractivity contribution in [2.75, 3.05) is 11.9 Å². The van der Waals surface area contributed by atoms with Crippen LogP contribution in [0.5, 0.6) is 0 Å². The van der Waals surface area contributed by atoms with Gasteiger partial charge in [0.25, 0.3) is 5.91 Å². The molecule has 0 saturated carbocycles. The minimum Gasteiger partial charge on any atom is -0.338 e. The van der Waals surface area contributed by atoms with E-state index in [1.165, 1.54) is 0 Å². The molecule has 1 heterocycles. The first-order valence-electron chi connectivity index (χ1n) is 5.72. The number of hydrogen-bond donors (Lipinski definition) is 2. The van der Waals surface area contributed by atoms with Crippen molar-refractivity contribution < 1.29 is 9.32 Å². The monoisotopic (exact) mass is 255 g/mol. The van der Waals surface area contributed by atoms with Gasteiger partial charge in [-0.25, -0.2) is 0 Å². The van der Waals surface area contributed by atoms with Gasteiger partial charge in [0.2, 0.25) is 5.88 Å². The van der Waals surface area contributed by atoms with Gasteiger partial charge in [0.05, 0.1) is 12.2 Å². The van der Waals surface area contributed by atoms with Crippen LogP contribution in [0.1, 0.15) is 21.6 Å². The van der Waals surface area contributed by atoms with E-state index in [2.05, 4.69) is 22.3 Å². The third-order valence-electron chi connectivity index (χ3n) is 2.35. The number of nitrogens with two attached hydrogens (primary N) is 1. The van der Waals surface area contributed by atoms with Gasteiger partial charge in [-0.2, -0.15) is 0 Å². The zero-order valence-electron chi connectivity index (χ0n) is 10.4. The van der Waals surface area contributed by atoms with Gasteiger partial charge in [-0.3, -0.25) is 10.1 Å². The van der Waals surface area contributed by atoms with Crippen molar-refractivity contribution in [2.24, 2.45) is 5.73 Å². The Morgan fingerprint density at radius 2 is 2.16 bits per heavy atom. The summed E-state index contributed by atoms with van der Waals surface area (Å²) < 4.78 is 4.92. The van der Waals surface area contributed by atoms with Crippen LogP contribution >= 0.6 is 0 Å². The summed E-state index contributed by atoms with van der Waals surface area (Å²) in [4.78, 5) is 11.9. The van der Waals surface area contributed by atoms with E-state index in [-0.39, 0.29) is 5.91 Å². The average Bonchev–Trinajstić information content (AvgIpc) is 2.82. The highest BCUT2D eigenvalue weighted by Crippen LogP contribution is 2.11. The number of rotatable bonds is 2. The molecule has 0 aliphatic carbocycles. The lowest BCUT2D eigenvalue weighted by atomic mass is 10.1. The Morgan fingerprint density at radius 3 is 2.74 bits per heavy atom. The molecule has 0 bridgehead atoms. The van der Waals surface area contributed by atoms with Gasteiger partial charge in [0.1, 0.15) is 0 Å². The first-order valence-corrected chi connectivity index (χ1v) is 5.72. The van der Waals surface area contributed by atoms with Crippen molar-refractivity contribution in [1.29, 1.82) is 0 Å². The molecule has 0 aliphatic rings. The number of amides is 1. The van der Waals surface area contributed by atoms with Crippen LogP contribution in [-0.4, -0.2) is 17.6 Å². The van der Waals surface area contributed by atoms with Crippen molar-refractivity contribution in [3.8, 4) is 11.8 Å². The molecule has 0 unspecified atom stereocenters. The quantitative estimate of drug-likeness (QED) is 0.798. The van der Waals surface area contributed by atoms with Gasteiger partial charge in [0.15, 0.2) is 0 Å². The standard InChI is InChI=1S/C14H13N3O2/c1-10-9-13(19-17-10)16-14(18)12-6-4-11(5-7-12)3-2-8-15/h4-7,9H,8,15H2,1H3,(H,16,18). The van der Waals surface area contributed by atoms with Crippen LogP contribution in [0.2, 0.25) is 0 Å². The normalized spacial score (nSPS) is 9.58. The number of benzene rings is 1. The largest absolute Gasteiger partial charge is 0.338 e. The molecule has 5 nitrogen and oxygen atoms in total. The second-order valence-corrected chi connectivity index (χ2v) is 3.87. The van der Waals surface area contributed by atoms with E-state index in [0.29, 0.717) is 23.7 Å². The van der Waals surface area contributed by atoms with Gasteiger partial charge < -0.3 is 10.3 Å². The number of carbonyl (C=O) groups excluding carboxylic acids is 1. The first kappa shape index (κ1) is 12.9. The number of nitrogens with zero attached hydrogens (tertiary/aromatic N) is 1. The molecule has 0 spiro atoms. The van der Waals surface area contributed by atoms with Gasteiger partial charge in [-0.1, -0.05) is 17.0 Å². The zero-order chi connectivity index (χ0) is 13.7. The average molecular weight is 255 g/mol. The number of hydrogen-bond acceptors (Lipinski definition) is 4. The van der Waals surface area contributed by atoms with E-state index in [1.807, 2.05) is 0 Å². The molecule has 0 fully saturated rings. The molecule has 0 aliphatic heterocycles. The minimum atomic E-state index is -0.255. The highest BCUT2D eigenvalue weighted by Gasteiger charge is 2.08. The Kier molecular flexibility index (Phi) is 3.96. The number of anilines is 1. The summed E-state index contributed by atoms with van der Waals surface area (Å²) in [5.74, 6) is 5.71. The predicted octanol–water partition coefficient (Wildman–Crippen LogP) is 1.55. The van der Waals surface area contributed by atoms with Gasteiger partial charge in [0, 0.05) is 17.2 Å². The summed E-state index contributed by atoms with van der Waals surface area (Å²) in [6.45, 7) is 2.09. The smallest absolute Gasteiger partial charge is 0.258 e. The van der Waals surface area contributed by atoms with Gasteiger partial charge in [-0.15, -0.1) is 0 Å². The van der Waals surface area contributed by atoms with E-state index in [1.54, 1.807) is 37.3 Å². The summed E-state index contributed by atoms with van der Waals surface area (Å²) in [6.07, 6.45) is 0. The molecule has 96 valence electrons. The van der Waals surface area contributed by atoms with E-state index in [4.69, 9.17) is 10.3 Å². The second kappa shape index (κ2) is 5.85. The highest BCUT2D eigenvalue weighted by atomic mass is 16.5. The minimum absolute atomic E-state index is 0.255. The number of aromatic nitrogens is 1. The van der Waals surface area contributed by atoms with E-state index >= 15 is 0 Å². The summed E-state index contributed by atoms with van der Waals surface area (Å²) in [5, 5.41) is 6.31. The molecule has 3 N–H and O–H groups in total. The third kappa shape index (κ3) is 3.44. The Hall–Kier alpha value is -2.58. The topological polar surface area (TPSA) is 81.2 Å².